The molecule has 0 aliphatic carbocycles. The fourth-order valence-corrected chi connectivity index (χ4v) is 2.27. The zero-order chi connectivity index (χ0) is 14.8. The van der Waals surface area contributed by atoms with Gasteiger partial charge in [0.05, 0.1) is 17.3 Å². The Balaban J connectivity index is 2.09. The number of anilines is 1. The zero-order valence-corrected chi connectivity index (χ0v) is 12.6. The Morgan fingerprint density at radius 3 is 2.76 bits per heavy atom. The van der Waals surface area contributed by atoms with Crippen molar-refractivity contribution in [2.24, 2.45) is 0 Å². The SMILES string of the molecule is CCCNc1ncnc2c1cnn2-c1ccc(C)c(C)c1. The minimum absolute atomic E-state index is 0.826. The Bertz CT molecular complexity index is 775. The number of hydrogen-bond acceptors (Lipinski definition) is 4. The van der Waals surface area contributed by atoms with Crippen molar-refractivity contribution in [3.63, 3.8) is 0 Å². The molecule has 0 fully saturated rings. The van der Waals surface area contributed by atoms with Gasteiger partial charge in [-0.1, -0.05) is 13.0 Å². The van der Waals surface area contributed by atoms with Crippen LogP contribution in [0.1, 0.15) is 24.5 Å². The first-order chi connectivity index (χ1) is 10.2. The predicted octanol–water partition coefficient (Wildman–Crippen LogP) is 3.25. The summed E-state index contributed by atoms with van der Waals surface area (Å²) in [6, 6.07) is 6.30. The molecule has 0 spiro atoms. The number of nitrogens with zero attached hydrogens (tertiary/aromatic N) is 4. The van der Waals surface area contributed by atoms with Crippen LogP contribution in [-0.2, 0) is 0 Å². The number of hydrogen-bond donors (Lipinski definition) is 1. The highest BCUT2D eigenvalue weighted by atomic mass is 15.3. The normalized spacial score (nSPS) is 11.0. The lowest BCUT2D eigenvalue weighted by atomic mass is 10.1. The highest BCUT2D eigenvalue weighted by Gasteiger charge is 2.11. The zero-order valence-electron chi connectivity index (χ0n) is 12.6. The average Bonchev–Trinajstić information content (AvgIpc) is 2.92. The molecule has 1 N–H and O–H groups in total. The summed E-state index contributed by atoms with van der Waals surface area (Å²) >= 11 is 0. The van der Waals surface area contributed by atoms with E-state index >= 15 is 0 Å². The van der Waals surface area contributed by atoms with Crippen LogP contribution in [0, 0.1) is 13.8 Å². The number of aromatic nitrogens is 4. The van der Waals surface area contributed by atoms with Gasteiger partial charge in [0, 0.05) is 6.54 Å². The number of fused-ring (bicyclic) bond motifs is 1. The van der Waals surface area contributed by atoms with Gasteiger partial charge in [0.25, 0.3) is 0 Å². The first-order valence-corrected chi connectivity index (χ1v) is 7.21. The monoisotopic (exact) mass is 281 g/mol. The summed E-state index contributed by atoms with van der Waals surface area (Å²) in [6.45, 7) is 7.23. The number of aryl methyl sites for hydroxylation is 2. The lowest BCUT2D eigenvalue weighted by molar-refractivity contribution is 0.892. The molecule has 0 bridgehead atoms. The molecule has 0 amide bonds. The second kappa shape index (κ2) is 5.52. The van der Waals surface area contributed by atoms with Crippen molar-refractivity contribution in [3.8, 4) is 5.69 Å². The molecule has 0 saturated heterocycles. The van der Waals surface area contributed by atoms with Crippen LogP contribution < -0.4 is 5.32 Å². The van der Waals surface area contributed by atoms with Crippen molar-refractivity contribution in [1.29, 1.82) is 0 Å². The highest BCUT2D eigenvalue weighted by molar-refractivity contribution is 5.87. The molecular formula is C16H19N5. The van der Waals surface area contributed by atoms with E-state index in [2.05, 4.69) is 59.4 Å². The van der Waals surface area contributed by atoms with Gasteiger partial charge >= 0.3 is 0 Å². The van der Waals surface area contributed by atoms with Gasteiger partial charge in [0.15, 0.2) is 5.65 Å². The number of rotatable bonds is 4. The van der Waals surface area contributed by atoms with Crippen LogP contribution in [0.2, 0.25) is 0 Å². The summed E-state index contributed by atoms with van der Waals surface area (Å²) < 4.78 is 1.86. The third-order valence-electron chi connectivity index (χ3n) is 3.64. The van der Waals surface area contributed by atoms with Crippen molar-refractivity contribution in [3.05, 3.63) is 41.9 Å². The molecule has 21 heavy (non-hydrogen) atoms. The Labute approximate surface area is 124 Å². The average molecular weight is 281 g/mol. The van der Waals surface area contributed by atoms with E-state index in [9.17, 15) is 0 Å². The lowest BCUT2D eigenvalue weighted by Gasteiger charge is -2.07. The van der Waals surface area contributed by atoms with Crippen molar-refractivity contribution >= 4 is 16.9 Å². The fourth-order valence-electron chi connectivity index (χ4n) is 2.27. The standard InChI is InChI=1S/C16H19N5/c1-4-7-17-15-14-9-20-21(16(14)19-10-18-15)13-6-5-11(2)12(3)8-13/h5-6,8-10H,4,7H2,1-3H3,(H,17,18,19). The fraction of sp³-hybridized carbons (Fsp3) is 0.312. The second-order valence-electron chi connectivity index (χ2n) is 5.21. The Morgan fingerprint density at radius 1 is 1.14 bits per heavy atom. The second-order valence-corrected chi connectivity index (χ2v) is 5.21. The molecule has 108 valence electrons. The highest BCUT2D eigenvalue weighted by Crippen LogP contribution is 2.22. The topological polar surface area (TPSA) is 55.6 Å². The minimum Gasteiger partial charge on any atom is -0.369 e. The summed E-state index contributed by atoms with van der Waals surface area (Å²) in [5.41, 5.74) is 4.37. The van der Waals surface area contributed by atoms with Crippen LogP contribution in [0.25, 0.3) is 16.7 Å². The van der Waals surface area contributed by atoms with E-state index in [1.54, 1.807) is 6.33 Å². The van der Waals surface area contributed by atoms with Gasteiger partial charge in [-0.25, -0.2) is 14.6 Å². The van der Waals surface area contributed by atoms with Gasteiger partial charge in [0.2, 0.25) is 0 Å². The Morgan fingerprint density at radius 2 is 2.00 bits per heavy atom. The van der Waals surface area contributed by atoms with Crippen LogP contribution in [0.4, 0.5) is 5.82 Å². The molecule has 0 unspecified atom stereocenters. The largest absolute Gasteiger partial charge is 0.369 e. The van der Waals surface area contributed by atoms with E-state index in [0.717, 1.165) is 35.5 Å². The van der Waals surface area contributed by atoms with Gasteiger partial charge < -0.3 is 5.32 Å². The third-order valence-corrected chi connectivity index (χ3v) is 3.64. The smallest absolute Gasteiger partial charge is 0.168 e. The first-order valence-electron chi connectivity index (χ1n) is 7.21. The molecule has 0 atom stereocenters. The molecule has 1 aromatic carbocycles. The van der Waals surface area contributed by atoms with E-state index in [0.29, 0.717) is 0 Å². The molecule has 2 heterocycles. The maximum atomic E-state index is 4.48. The molecule has 5 nitrogen and oxygen atoms in total. The summed E-state index contributed by atoms with van der Waals surface area (Å²) in [5.74, 6) is 0.844. The summed E-state index contributed by atoms with van der Waals surface area (Å²) in [6.07, 6.45) is 4.46. The van der Waals surface area contributed by atoms with Crippen LogP contribution in [-0.4, -0.2) is 26.3 Å². The van der Waals surface area contributed by atoms with E-state index in [1.165, 1.54) is 11.1 Å². The quantitative estimate of drug-likeness (QED) is 0.797. The summed E-state index contributed by atoms with van der Waals surface area (Å²) in [4.78, 5) is 8.70. The summed E-state index contributed by atoms with van der Waals surface area (Å²) in [7, 11) is 0. The van der Waals surface area contributed by atoms with Crippen molar-refractivity contribution < 1.29 is 0 Å². The van der Waals surface area contributed by atoms with Crippen molar-refractivity contribution in [2.45, 2.75) is 27.2 Å². The molecule has 3 rings (SSSR count). The van der Waals surface area contributed by atoms with Crippen LogP contribution >= 0.6 is 0 Å². The third kappa shape index (κ3) is 2.46. The van der Waals surface area contributed by atoms with E-state index < -0.39 is 0 Å². The molecular weight excluding hydrogens is 262 g/mol. The maximum Gasteiger partial charge on any atom is 0.168 e. The first kappa shape index (κ1) is 13.5. The van der Waals surface area contributed by atoms with E-state index in [4.69, 9.17) is 0 Å². The van der Waals surface area contributed by atoms with E-state index in [1.807, 2.05) is 10.9 Å². The molecule has 0 aliphatic heterocycles. The Kier molecular flexibility index (Phi) is 3.56. The van der Waals surface area contributed by atoms with Crippen LogP contribution in [0.3, 0.4) is 0 Å². The van der Waals surface area contributed by atoms with Gasteiger partial charge in [0.1, 0.15) is 12.1 Å². The van der Waals surface area contributed by atoms with Crippen molar-refractivity contribution in [1.82, 2.24) is 19.7 Å². The minimum atomic E-state index is 0.826. The molecule has 3 aromatic rings. The van der Waals surface area contributed by atoms with Gasteiger partial charge in [-0.15, -0.1) is 0 Å². The van der Waals surface area contributed by atoms with Crippen molar-refractivity contribution in [2.75, 3.05) is 11.9 Å². The number of nitrogens with one attached hydrogen (secondary N) is 1. The van der Waals surface area contributed by atoms with Gasteiger partial charge in [-0.2, -0.15) is 5.10 Å². The molecule has 0 radical (unpaired) electrons. The van der Waals surface area contributed by atoms with Gasteiger partial charge in [-0.05, 0) is 43.5 Å². The van der Waals surface area contributed by atoms with Crippen LogP contribution in [0.5, 0.6) is 0 Å². The van der Waals surface area contributed by atoms with E-state index in [-0.39, 0.29) is 0 Å². The predicted molar refractivity (Wildman–Crippen MR) is 84.9 cm³/mol. The number of benzene rings is 1. The lowest BCUT2D eigenvalue weighted by Crippen LogP contribution is -2.03. The maximum absolute atomic E-state index is 4.48. The molecule has 0 saturated carbocycles. The van der Waals surface area contributed by atoms with Crippen LogP contribution in [0.15, 0.2) is 30.7 Å². The molecule has 2 aromatic heterocycles. The molecule has 0 aliphatic rings. The summed E-state index contributed by atoms with van der Waals surface area (Å²) in [5, 5.41) is 8.75. The molecule has 5 heteroatoms. The van der Waals surface area contributed by atoms with Gasteiger partial charge in [-0.3, -0.25) is 0 Å². The Hall–Kier alpha value is -2.43.